The lowest BCUT2D eigenvalue weighted by Gasteiger charge is -2.25. The van der Waals surface area contributed by atoms with Crippen LogP contribution in [-0.2, 0) is 4.79 Å². The molecule has 114 valence electrons. The van der Waals surface area contributed by atoms with Crippen LogP contribution in [0.4, 0.5) is 5.69 Å². The SMILES string of the molecule is CCOc1ccc(NC(=O)[C@H]2COc3ccccc3O2)cc1. The zero-order chi connectivity index (χ0) is 15.4. The van der Waals surface area contributed by atoms with E-state index in [9.17, 15) is 4.79 Å². The predicted molar refractivity (Wildman–Crippen MR) is 82.6 cm³/mol. The van der Waals surface area contributed by atoms with Gasteiger partial charge < -0.3 is 19.5 Å². The van der Waals surface area contributed by atoms with E-state index in [1.54, 1.807) is 18.2 Å². The van der Waals surface area contributed by atoms with Gasteiger partial charge in [0.25, 0.3) is 5.91 Å². The van der Waals surface area contributed by atoms with Crippen molar-refractivity contribution in [2.75, 3.05) is 18.5 Å². The zero-order valence-electron chi connectivity index (χ0n) is 12.2. The summed E-state index contributed by atoms with van der Waals surface area (Å²) in [6.45, 7) is 2.73. The summed E-state index contributed by atoms with van der Waals surface area (Å²) in [5.74, 6) is 1.78. The minimum atomic E-state index is -0.665. The van der Waals surface area contributed by atoms with E-state index in [2.05, 4.69) is 5.32 Å². The minimum Gasteiger partial charge on any atom is -0.494 e. The molecule has 0 aromatic heterocycles. The van der Waals surface area contributed by atoms with Crippen molar-refractivity contribution < 1.29 is 19.0 Å². The Kier molecular flexibility index (Phi) is 4.14. The Bertz CT molecular complexity index is 654. The van der Waals surface area contributed by atoms with E-state index in [4.69, 9.17) is 14.2 Å². The first-order valence-electron chi connectivity index (χ1n) is 7.18. The summed E-state index contributed by atoms with van der Waals surface area (Å²) in [4.78, 5) is 12.2. The van der Waals surface area contributed by atoms with E-state index < -0.39 is 6.10 Å². The zero-order valence-corrected chi connectivity index (χ0v) is 12.2. The average molecular weight is 299 g/mol. The lowest BCUT2D eigenvalue weighted by molar-refractivity contribution is -0.125. The number of anilines is 1. The van der Waals surface area contributed by atoms with E-state index in [-0.39, 0.29) is 12.5 Å². The van der Waals surface area contributed by atoms with Gasteiger partial charge in [-0.2, -0.15) is 0 Å². The monoisotopic (exact) mass is 299 g/mol. The number of nitrogens with one attached hydrogen (secondary N) is 1. The standard InChI is InChI=1S/C17H17NO4/c1-2-20-13-9-7-12(8-10-13)18-17(19)16-11-21-14-5-3-4-6-15(14)22-16/h3-10,16H,2,11H2,1H3,(H,18,19)/t16-/m1/s1. The van der Waals surface area contributed by atoms with Crippen LogP contribution in [0.5, 0.6) is 17.2 Å². The molecule has 0 bridgehead atoms. The van der Waals surface area contributed by atoms with E-state index >= 15 is 0 Å². The van der Waals surface area contributed by atoms with E-state index in [1.807, 2.05) is 37.3 Å². The number of ether oxygens (including phenoxy) is 3. The molecule has 5 nitrogen and oxygen atoms in total. The number of para-hydroxylation sites is 2. The number of benzene rings is 2. The molecule has 1 amide bonds. The summed E-state index contributed by atoms with van der Waals surface area (Å²) in [6, 6.07) is 14.5. The molecule has 1 aliphatic heterocycles. The van der Waals surface area contributed by atoms with Crippen LogP contribution in [0.2, 0.25) is 0 Å². The van der Waals surface area contributed by atoms with E-state index in [0.29, 0.717) is 23.8 Å². The first-order chi connectivity index (χ1) is 10.8. The molecule has 2 aromatic carbocycles. The van der Waals surface area contributed by atoms with Crippen LogP contribution in [-0.4, -0.2) is 25.2 Å². The van der Waals surface area contributed by atoms with Crippen molar-refractivity contribution >= 4 is 11.6 Å². The molecule has 0 saturated carbocycles. The first kappa shape index (κ1) is 14.3. The lowest BCUT2D eigenvalue weighted by atomic mass is 10.2. The largest absolute Gasteiger partial charge is 0.494 e. The molecule has 0 spiro atoms. The number of fused-ring (bicyclic) bond motifs is 1. The molecule has 1 aliphatic rings. The van der Waals surface area contributed by atoms with Crippen molar-refractivity contribution in [3.63, 3.8) is 0 Å². The van der Waals surface area contributed by atoms with Crippen molar-refractivity contribution in [3.8, 4) is 17.2 Å². The van der Waals surface area contributed by atoms with Gasteiger partial charge >= 0.3 is 0 Å². The van der Waals surface area contributed by atoms with Gasteiger partial charge in [-0.3, -0.25) is 4.79 Å². The second kappa shape index (κ2) is 6.39. The highest BCUT2D eigenvalue weighted by Gasteiger charge is 2.27. The van der Waals surface area contributed by atoms with Crippen LogP contribution in [0.1, 0.15) is 6.92 Å². The number of hydrogen-bond acceptors (Lipinski definition) is 4. The summed E-state index contributed by atoms with van der Waals surface area (Å²) < 4.78 is 16.6. The Morgan fingerprint density at radius 2 is 1.91 bits per heavy atom. The van der Waals surface area contributed by atoms with Crippen LogP contribution < -0.4 is 19.5 Å². The molecule has 0 fully saturated rings. The molecule has 0 aliphatic carbocycles. The number of carbonyl (C=O) groups is 1. The topological polar surface area (TPSA) is 56.8 Å². The second-order valence-electron chi connectivity index (χ2n) is 4.81. The molecule has 3 rings (SSSR count). The Hall–Kier alpha value is -2.69. The molecule has 0 unspecified atom stereocenters. The van der Waals surface area contributed by atoms with Gasteiger partial charge in [-0.05, 0) is 43.3 Å². The van der Waals surface area contributed by atoms with E-state index in [0.717, 1.165) is 5.75 Å². The summed E-state index contributed by atoms with van der Waals surface area (Å²) in [5.41, 5.74) is 0.691. The Morgan fingerprint density at radius 3 is 2.64 bits per heavy atom. The van der Waals surface area contributed by atoms with Crippen LogP contribution in [0, 0.1) is 0 Å². The maximum atomic E-state index is 12.2. The molecule has 1 atom stereocenters. The van der Waals surface area contributed by atoms with Crippen molar-refractivity contribution in [2.24, 2.45) is 0 Å². The third-order valence-electron chi connectivity index (χ3n) is 3.23. The Labute approximate surface area is 128 Å². The second-order valence-corrected chi connectivity index (χ2v) is 4.81. The van der Waals surface area contributed by atoms with Gasteiger partial charge in [-0.25, -0.2) is 0 Å². The third kappa shape index (κ3) is 3.14. The van der Waals surface area contributed by atoms with E-state index in [1.165, 1.54) is 0 Å². The van der Waals surface area contributed by atoms with Crippen molar-refractivity contribution in [1.82, 2.24) is 0 Å². The lowest BCUT2D eigenvalue weighted by Crippen LogP contribution is -2.40. The highest BCUT2D eigenvalue weighted by molar-refractivity contribution is 5.94. The van der Waals surface area contributed by atoms with Crippen LogP contribution in [0.25, 0.3) is 0 Å². The minimum absolute atomic E-state index is 0.194. The fourth-order valence-electron chi connectivity index (χ4n) is 2.17. The summed E-state index contributed by atoms with van der Waals surface area (Å²) >= 11 is 0. The van der Waals surface area contributed by atoms with Gasteiger partial charge in [0.05, 0.1) is 6.61 Å². The smallest absolute Gasteiger partial charge is 0.269 e. The highest BCUT2D eigenvalue weighted by Crippen LogP contribution is 2.31. The number of hydrogen-bond donors (Lipinski definition) is 1. The third-order valence-corrected chi connectivity index (χ3v) is 3.23. The van der Waals surface area contributed by atoms with Crippen LogP contribution in [0.15, 0.2) is 48.5 Å². The molecule has 0 saturated heterocycles. The fraction of sp³-hybridized carbons (Fsp3) is 0.235. The molecular weight excluding hydrogens is 282 g/mol. The Balaban J connectivity index is 1.63. The summed E-state index contributed by atoms with van der Waals surface area (Å²) in [5, 5.41) is 2.81. The molecular formula is C17H17NO4. The van der Waals surface area contributed by atoms with Gasteiger partial charge in [0.2, 0.25) is 6.10 Å². The van der Waals surface area contributed by atoms with Gasteiger partial charge in [0, 0.05) is 5.69 Å². The molecule has 1 N–H and O–H groups in total. The Morgan fingerprint density at radius 1 is 1.18 bits per heavy atom. The normalized spacial score (nSPS) is 16.0. The van der Waals surface area contributed by atoms with Gasteiger partial charge in [-0.15, -0.1) is 0 Å². The number of amides is 1. The molecule has 22 heavy (non-hydrogen) atoms. The maximum Gasteiger partial charge on any atom is 0.269 e. The fourth-order valence-corrected chi connectivity index (χ4v) is 2.17. The summed E-state index contributed by atoms with van der Waals surface area (Å²) in [7, 11) is 0. The van der Waals surface area contributed by atoms with Crippen LogP contribution >= 0.6 is 0 Å². The van der Waals surface area contributed by atoms with Crippen LogP contribution in [0.3, 0.4) is 0 Å². The summed E-state index contributed by atoms with van der Waals surface area (Å²) in [6.07, 6.45) is -0.665. The molecule has 0 radical (unpaired) electrons. The number of carbonyl (C=O) groups excluding carboxylic acids is 1. The molecule has 5 heteroatoms. The molecule has 1 heterocycles. The van der Waals surface area contributed by atoms with Crippen molar-refractivity contribution in [2.45, 2.75) is 13.0 Å². The molecule has 2 aromatic rings. The predicted octanol–water partition coefficient (Wildman–Crippen LogP) is 2.86. The van der Waals surface area contributed by atoms with Crippen molar-refractivity contribution in [1.29, 1.82) is 0 Å². The quantitative estimate of drug-likeness (QED) is 0.943. The van der Waals surface area contributed by atoms with Gasteiger partial charge in [0.1, 0.15) is 12.4 Å². The van der Waals surface area contributed by atoms with Gasteiger partial charge in [0.15, 0.2) is 11.5 Å². The maximum absolute atomic E-state index is 12.2. The average Bonchev–Trinajstić information content (AvgIpc) is 2.56. The van der Waals surface area contributed by atoms with Crippen molar-refractivity contribution in [3.05, 3.63) is 48.5 Å². The van der Waals surface area contributed by atoms with Gasteiger partial charge in [-0.1, -0.05) is 12.1 Å². The first-order valence-corrected chi connectivity index (χ1v) is 7.18. The number of rotatable bonds is 4. The highest BCUT2D eigenvalue weighted by atomic mass is 16.6.